The van der Waals surface area contributed by atoms with E-state index in [9.17, 15) is 9.59 Å². The van der Waals surface area contributed by atoms with Crippen LogP contribution in [-0.4, -0.2) is 35.0 Å². The Balaban J connectivity index is 2.70. The summed E-state index contributed by atoms with van der Waals surface area (Å²) in [5, 5.41) is 8.98. The lowest BCUT2D eigenvalue weighted by Gasteiger charge is -2.23. The summed E-state index contributed by atoms with van der Waals surface area (Å²) in [6, 6.07) is 6.20. The minimum absolute atomic E-state index is 0.181. The molecule has 0 spiro atoms. The number of hydrogen-bond donors (Lipinski definition) is 2. The van der Waals surface area contributed by atoms with Gasteiger partial charge in [0.25, 0.3) is 0 Å². The molecule has 5 nitrogen and oxygen atoms in total. The standard InChI is InChI=1S/C13H18N2O3/c1-3-11(13(17)18)15(2)12(16)8-9-4-6-10(14)7-5-9/h4-7,11H,3,8,14H2,1-2H3,(H,17,18). The van der Waals surface area contributed by atoms with Crippen LogP contribution < -0.4 is 5.73 Å². The molecule has 0 bridgehead atoms. The van der Waals surface area contributed by atoms with E-state index < -0.39 is 12.0 Å². The van der Waals surface area contributed by atoms with Gasteiger partial charge in [0.15, 0.2) is 0 Å². The second-order valence-electron chi connectivity index (χ2n) is 4.19. The first-order chi connectivity index (χ1) is 8.45. The molecule has 1 amide bonds. The molecule has 0 aliphatic rings. The van der Waals surface area contributed by atoms with Gasteiger partial charge in [0, 0.05) is 12.7 Å². The zero-order chi connectivity index (χ0) is 13.7. The molecule has 0 radical (unpaired) electrons. The van der Waals surface area contributed by atoms with Crippen molar-refractivity contribution in [1.82, 2.24) is 4.90 Å². The predicted octanol–water partition coefficient (Wildman–Crippen LogP) is 1.13. The number of rotatable bonds is 5. The molecule has 0 saturated carbocycles. The Morgan fingerprint density at radius 1 is 1.33 bits per heavy atom. The highest BCUT2D eigenvalue weighted by atomic mass is 16.4. The molecule has 3 N–H and O–H groups in total. The Morgan fingerprint density at radius 3 is 2.33 bits per heavy atom. The fourth-order valence-corrected chi connectivity index (χ4v) is 1.72. The van der Waals surface area contributed by atoms with Gasteiger partial charge in [-0.25, -0.2) is 4.79 Å². The van der Waals surface area contributed by atoms with Crippen LogP contribution in [0.2, 0.25) is 0 Å². The quantitative estimate of drug-likeness (QED) is 0.767. The van der Waals surface area contributed by atoms with E-state index in [0.29, 0.717) is 12.1 Å². The second-order valence-corrected chi connectivity index (χ2v) is 4.19. The summed E-state index contributed by atoms with van der Waals surface area (Å²) in [4.78, 5) is 24.2. The number of carboxylic acid groups (broad SMARTS) is 1. The first-order valence-corrected chi connectivity index (χ1v) is 5.78. The Kier molecular flexibility index (Phi) is 4.71. The molecule has 18 heavy (non-hydrogen) atoms. The van der Waals surface area contributed by atoms with Gasteiger partial charge >= 0.3 is 5.97 Å². The van der Waals surface area contributed by atoms with Gasteiger partial charge in [0.1, 0.15) is 6.04 Å². The van der Waals surface area contributed by atoms with E-state index in [1.54, 1.807) is 31.2 Å². The molecule has 1 rings (SSSR count). The van der Waals surface area contributed by atoms with E-state index in [1.807, 2.05) is 0 Å². The Bertz CT molecular complexity index is 428. The van der Waals surface area contributed by atoms with Gasteiger partial charge in [-0.15, -0.1) is 0 Å². The number of anilines is 1. The van der Waals surface area contributed by atoms with Crippen molar-refractivity contribution in [2.45, 2.75) is 25.8 Å². The lowest BCUT2D eigenvalue weighted by atomic mass is 10.1. The van der Waals surface area contributed by atoms with Crippen molar-refractivity contribution in [3.8, 4) is 0 Å². The van der Waals surface area contributed by atoms with Crippen LogP contribution in [0.5, 0.6) is 0 Å². The van der Waals surface area contributed by atoms with Crippen molar-refractivity contribution in [2.75, 3.05) is 12.8 Å². The smallest absolute Gasteiger partial charge is 0.326 e. The predicted molar refractivity (Wildman–Crippen MR) is 69.0 cm³/mol. The maximum absolute atomic E-state index is 11.9. The van der Waals surface area contributed by atoms with Crippen molar-refractivity contribution in [1.29, 1.82) is 0 Å². The van der Waals surface area contributed by atoms with Crippen LogP contribution in [-0.2, 0) is 16.0 Å². The van der Waals surface area contributed by atoms with Crippen LogP contribution in [0.15, 0.2) is 24.3 Å². The number of nitrogens with zero attached hydrogens (tertiary/aromatic N) is 1. The highest BCUT2D eigenvalue weighted by molar-refractivity contribution is 5.84. The summed E-state index contributed by atoms with van der Waals surface area (Å²) in [5.74, 6) is -1.19. The summed E-state index contributed by atoms with van der Waals surface area (Å²) in [7, 11) is 1.52. The van der Waals surface area contributed by atoms with E-state index >= 15 is 0 Å². The number of amides is 1. The molecular weight excluding hydrogens is 232 g/mol. The zero-order valence-electron chi connectivity index (χ0n) is 10.6. The van der Waals surface area contributed by atoms with Crippen LogP contribution in [0, 0.1) is 0 Å². The third kappa shape index (κ3) is 3.48. The molecule has 0 aromatic heterocycles. The van der Waals surface area contributed by atoms with Crippen molar-refractivity contribution in [3.05, 3.63) is 29.8 Å². The Labute approximate surface area is 106 Å². The number of nitrogens with two attached hydrogens (primary N) is 1. The molecule has 0 saturated heterocycles. The van der Waals surface area contributed by atoms with Crippen LogP contribution >= 0.6 is 0 Å². The van der Waals surface area contributed by atoms with E-state index in [0.717, 1.165) is 5.56 Å². The summed E-state index contributed by atoms with van der Waals surface area (Å²) in [5.41, 5.74) is 7.01. The zero-order valence-corrected chi connectivity index (χ0v) is 10.6. The fraction of sp³-hybridized carbons (Fsp3) is 0.385. The number of carbonyl (C=O) groups is 2. The largest absolute Gasteiger partial charge is 0.480 e. The van der Waals surface area contributed by atoms with E-state index in [-0.39, 0.29) is 12.3 Å². The lowest BCUT2D eigenvalue weighted by molar-refractivity contribution is -0.148. The highest BCUT2D eigenvalue weighted by Gasteiger charge is 2.24. The van der Waals surface area contributed by atoms with Gasteiger partial charge in [-0.3, -0.25) is 4.79 Å². The van der Waals surface area contributed by atoms with Gasteiger partial charge in [-0.2, -0.15) is 0 Å². The van der Waals surface area contributed by atoms with Crippen molar-refractivity contribution in [3.63, 3.8) is 0 Å². The van der Waals surface area contributed by atoms with E-state index in [1.165, 1.54) is 11.9 Å². The minimum atomic E-state index is -0.981. The van der Waals surface area contributed by atoms with E-state index in [2.05, 4.69) is 0 Å². The summed E-state index contributed by atoms with van der Waals surface area (Å²) < 4.78 is 0. The second kappa shape index (κ2) is 6.05. The maximum Gasteiger partial charge on any atom is 0.326 e. The number of nitrogen functional groups attached to an aromatic ring is 1. The normalized spacial score (nSPS) is 11.9. The molecule has 1 aromatic rings. The third-order valence-corrected chi connectivity index (χ3v) is 2.87. The van der Waals surface area contributed by atoms with Gasteiger partial charge in [0.2, 0.25) is 5.91 Å². The van der Waals surface area contributed by atoms with Crippen LogP contribution in [0.3, 0.4) is 0 Å². The molecule has 1 aromatic carbocycles. The average molecular weight is 250 g/mol. The van der Waals surface area contributed by atoms with Gasteiger partial charge in [-0.1, -0.05) is 19.1 Å². The summed E-state index contributed by atoms with van der Waals surface area (Å²) in [6.07, 6.45) is 0.569. The lowest BCUT2D eigenvalue weighted by Crippen LogP contribution is -2.42. The monoisotopic (exact) mass is 250 g/mol. The summed E-state index contributed by atoms with van der Waals surface area (Å²) in [6.45, 7) is 1.74. The number of aliphatic carboxylic acids is 1. The van der Waals surface area contributed by atoms with E-state index in [4.69, 9.17) is 10.8 Å². The third-order valence-electron chi connectivity index (χ3n) is 2.87. The van der Waals surface area contributed by atoms with Crippen molar-refractivity contribution >= 4 is 17.6 Å². The number of benzene rings is 1. The van der Waals surface area contributed by atoms with Crippen molar-refractivity contribution < 1.29 is 14.7 Å². The number of carboxylic acids is 1. The van der Waals surface area contributed by atoms with Crippen LogP contribution in [0.25, 0.3) is 0 Å². The molecule has 1 unspecified atom stereocenters. The fourth-order valence-electron chi connectivity index (χ4n) is 1.72. The van der Waals surface area contributed by atoms with Gasteiger partial charge in [0.05, 0.1) is 6.42 Å². The Morgan fingerprint density at radius 2 is 1.89 bits per heavy atom. The first kappa shape index (κ1) is 14.0. The maximum atomic E-state index is 11.9. The molecule has 0 heterocycles. The molecule has 98 valence electrons. The molecule has 0 aliphatic heterocycles. The molecule has 5 heteroatoms. The van der Waals surface area contributed by atoms with Gasteiger partial charge in [-0.05, 0) is 24.1 Å². The molecule has 0 fully saturated rings. The van der Waals surface area contributed by atoms with Gasteiger partial charge < -0.3 is 15.7 Å². The number of likely N-dealkylation sites (N-methyl/N-ethyl adjacent to an activating group) is 1. The van der Waals surface area contributed by atoms with Crippen LogP contribution in [0.4, 0.5) is 5.69 Å². The summed E-state index contributed by atoms with van der Waals surface area (Å²) >= 11 is 0. The molecular formula is C13H18N2O3. The highest BCUT2D eigenvalue weighted by Crippen LogP contribution is 2.09. The van der Waals surface area contributed by atoms with Crippen LogP contribution in [0.1, 0.15) is 18.9 Å². The van der Waals surface area contributed by atoms with Crippen molar-refractivity contribution in [2.24, 2.45) is 0 Å². The SMILES string of the molecule is CCC(C(=O)O)N(C)C(=O)Cc1ccc(N)cc1. The average Bonchev–Trinajstić information content (AvgIpc) is 2.32. The minimum Gasteiger partial charge on any atom is -0.480 e. The molecule has 1 atom stereocenters. The molecule has 0 aliphatic carbocycles. The first-order valence-electron chi connectivity index (χ1n) is 5.78. The Hall–Kier alpha value is -2.04. The number of carbonyl (C=O) groups excluding carboxylic acids is 1. The number of hydrogen-bond acceptors (Lipinski definition) is 3. The topological polar surface area (TPSA) is 83.6 Å².